The van der Waals surface area contributed by atoms with Crippen LogP contribution in [-0.2, 0) is 13.0 Å². The molecule has 0 atom stereocenters. The van der Waals surface area contributed by atoms with Crippen LogP contribution in [-0.4, -0.2) is 50.8 Å². The minimum Gasteiger partial charge on any atom is -0.468 e. The molecule has 1 aliphatic heterocycles. The summed E-state index contributed by atoms with van der Waals surface area (Å²) in [4.78, 5) is 15.0. The third kappa shape index (κ3) is 4.50. The summed E-state index contributed by atoms with van der Waals surface area (Å²) in [5.74, 6) is 2.81. The number of benzene rings is 2. The van der Waals surface area contributed by atoms with E-state index >= 15 is 0 Å². The van der Waals surface area contributed by atoms with Crippen molar-refractivity contribution in [3.05, 3.63) is 101 Å². The number of hydrogen-bond acceptors (Lipinski definition) is 6. The van der Waals surface area contributed by atoms with Crippen LogP contribution in [0.1, 0.15) is 28.4 Å². The summed E-state index contributed by atoms with van der Waals surface area (Å²) in [5.41, 5.74) is 5.27. The third-order valence-electron chi connectivity index (χ3n) is 6.84. The highest BCUT2D eigenvalue weighted by Gasteiger charge is 2.25. The molecule has 0 unspecified atom stereocenters. The molecule has 6 rings (SSSR count). The summed E-state index contributed by atoms with van der Waals surface area (Å²) >= 11 is 0. The van der Waals surface area contributed by atoms with Gasteiger partial charge in [0, 0.05) is 32.6 Å². The molecule has 2 aromatic carbocycles. The van der Waals surface area contributed by atoms with E-state index in [0.717, 1.165) is 72.5 Å². The van der Waals surface area contributed by atoms with Crippen molar-refractivity contribution in [2.75, 3.05) is 31.1 Å². The fourth-order valence-electron chi connectivity index (χ4n) is 4.89. The van der Waals surface area contributed by atoms with Crippen molar-refractivity contribution in [1.29, 1.82) is 0 Å². The van der Waals surface area contributed by atoms with E-state index < -0.39 is 0 Å². The van der Waals surface area contributed by atoms with Crippen LogP contribution in [0.15, 0.2) is 77.4 Å². The molecule has 1 fully saturated rings. The van der Waals surface area contributed by atoms with Gasteiger partial charge in [0.25, 0.3) is 0 Å². The Kier molecular flexibility index (Phi) is 5.99. The second kappa shape index (κ2) is 9.59. The molecule has 1 aliphatic rings. The SMILES string of the molecule is Cc1ccc(Cc2nc(N3CCN(Cc4ccco4)CC3)c3c(C)nn(-c4ccccc4)c3n2)cc1. The van der Waals surface area contributed by atoms with Crippen molar-refractivity contribution in [1.82, 2.24) is 24.6 Å². The summed E-state index contributed by atoms with van der Waals surface area (Å²) in [6.45, 7) is 8.69. The number of anilines is 1. The van der Waals surface area contributed by atoms with E-state index in [2.05, 4.69) is 60.0 Å². The van der Waals surface area contributed by atoms with Crippen molar-refractivity contribution >= 4 is 16.9 Å². The molecule has 7 heteroatoms. The molecule has 0 bridgehead atoms. The first-order chi connectivity index (χ1) is 17.6. The van der Waals surface area contributed by atoms with Crippen LogP contribution in [0.4, 0.5) is 5.82 Å². The van der Waals surface area contributed by atoms with Gasteiger partial charge in [0.05, 0.1) is 29.6 Å². The highest BCUT2D eigenvalue weighted by molar-refractivity contribution is 5.91. The monoisotopic (exact) mass is 478 g/mol. The zero-order chi connectivity index (χ0) is 24.5. The van der Waals surface area contributed by atoms with Gasteiger partial charge in [-0.2, -0.15) is 5.10 Å². The van der Waals surface area contributed by atoms with E-state index in [1.807, 2.05) is 35.0 Å². The van der Waals surface area contributed by atoms with E-state index in [0.29, 0.717) is 6.42 Å². The van der Waals surface area contributed by atoms with Crippen LogP contribution < -0.4 is 4.90 Å². The number of aryl methyl sites for hydroxylation is 2. The highest BCUT2D eigenvalue weighted by Crippen LogP contribution is 2.30. The molecule has 36 heavy (non-hydrogen) atoms. The molecule has 7 nitrogen and oxygen atoms in total. The fourth-order valence-corrected chi connectivity index (χ4v) is 4.89. The van der Waals surface area contributed by atoms with Gasteiger partial charge in [-0.1, -0.05) is 48.0 Å². The number of fused-ring (bicyclic) bond motifs is 1. The highest BCUT2D eigenvalue weighted by atomic mass is 16.3. The van der Waals surface area contributed by atoms with Gasteiger partial charge in [0.2, 0.25) is 0 Å². The van der Waals surface area contributed by atoms with Gasteiger partial charge in [0.1, 0.15) is 17.4 Å². The van der Waals surface area contributed by atoms with Gasteiger partial charge in [-0.15, -0.1) is 0 Å². The molecule has 0 radical (unpaired) electrons. The molecule has 3 aromatic heterocycles. The molecule has 5 aromatic rings. The molecule has 0 N–H and O–H groups in total. The second-order valence-electron chi connectivity index (χ2n) is 9.50. The zero-order valence-corrected chi connectivity index (χ0v) is 20.8. The van der Waals surface area contributed by atoms with Crippen LogP contribution in [0.2, 0.25) is 0 Å². The molecule has 1 saturated heterocycles. The average Bonchev–Trinajstić information content (AvgIpc) is 3.54. The van der Waals surface area contributed by atoms with Crippen molar-refractivity contribution in [3.63, 3.8) is 0 Å². The minimum absolute atomic E-state index is 0.681. The third-order valence-corrected chi connectivity index (χ3v) is 6.84. The number of aromatic nitrogens is 4. The quantitative estimate of drug-likeness (QED) is 0.345. The van der Waals surface area contributed by atoms with Gasteiger partial charge in [-0.3, -0.25) is 4.90 Å². The molecular weight excluding hydrogens is 448 g/mol. The average molecular weight is 479 g/mol. The van der Waals surface area contributed by atoms with Crippen LogP contribution in [0.25, 0.3) is 16.7 Å². The Morgan fingerprint density at radius 1 is 0.833 bits per heavy atom. The standard InChI is InChI=1S/C29H30N6O/c1-21-10-12-23(13-11-21)19-26-30-28(34-16-14-33(15-17-34)20-25-9-6-18-36-25)27-22(2)32-35(29(27)31-26)24-7-4-3-5-8-24/h3-13,18H,14-17,19-20H2,1-2H3. The summed E-state index contributed by atoms with van der Waals surface area (Å²) in [5, 5.41) is 5.94. The van der Waals surface area contributed by atoms with Gasteiger partial charge < -0.3 is 9.32 Å². The molecule has 0 aliphatic carbocycles. The van der Waals surface area contributed by atoms with Crippen LogP contribution in [0.3, 0.4) is 0 Å². The lowest BCUT2D eigenvalue weighted by molar-refractivity contribution is 0.230. The minimum atomic E-state index is 0.681. The summed E-state index contributed by atoms with van der Waals surface area (Å²) in [7, 11) is 0. The molecular formula is C29H30N6O. The Morgan fingerprint density at radius 2 is 1.61 bits per heavy atom. The van der Waals surface area contributed by atoms with E-state index in [1.165, 1.54) is 11.1 Å². The van der Waals surface area contributed by atoms with Crippen LogP contribution >= 0.6 is 0 Å². The maximum Gasteiger partial charge on any atom is 0.169 e. The van der Waals surface area contributed by atoms with Crippen molar-refractivity contribution < 1.29 is 4.42 Å². The lowest BCUT2D eigenvalue weighted by Crippen LogP contribution is -2.46. The summed E-state index contributed by atoms with van der Waals surface area (Å²) in [6.07, 6.45) is 2.42. The van der Waals surface area contributed by atoms with Gasteiger partial charge in [-0.25, -0.2) is 14.6 Å². The largest absolute Gasteiger partial charge is 0.468 e. The predicted octanol–water partition coefficient (Wildman–Crippen LogP) is 4.94. The van der Waals surface area contributed by atoms with Crippen molar-refractivity contribution in [3.8, 4) is 5.69 Å². The number of nitrogens with zero attached hydrogens (tertiary/aromatic N) is 6. The van der Waals surface area contributed by atoms with Gasteiger partial charge >= 0.3 is 0 Å². The smallest absolute Gasteiger partial charge is 0.169 e. The Labute approximate surface area is 211 Å². The normalized spacial score (nSPS) is 14.6. The van der Waals surface area contributed by atoms with Gasteiger partial charge in [0.15, 0.2) is 5.65 Å². The molecule has 4 heterocycles. The van der Waals surface area contributed by atoms with E-state index in [1.54, 1.807) is 6.26 Å². The second-order valence-corrected chi connectivity index (χ2v) is 9.50. The molecule has 0 spiro atoms. The Balaban J connectivity index is 1.37. The predicted molar refractivity (Wildman–Crippen MR) is 142 cm³/mol. The molecule has 182 valence electrons. The number of piperazine rings is 1. The Morgan fingerprint density at radius 3 is 2.33 bits per heavy atom. The van der Waals surface area contributed by atoms with Crippen molar-refractivity contribution in [2.45, 2.75) is 26.8 Å². The number of para-hydroxylation sites is 1. The first-order valence-electron chi connectivity index (χ1n) is 12.5. The topological polar surface area (TPSA) is 63.2 Å². The first-order valence-corrected chi connectivity index (χ1v) is 12.5. The maximum absolute atomic E-state index is 5.56. The lowest BCUT2D eigenvalue weighted by atomic mass is 10.1. The van der Waals surface area contributed by atoms with E-state index in [9.17, 15) is 0 Å². The zero-order valence-electron chi connectivity index (χ0n) is 20.8. The maximum atomic E-state index is 5.56. The number of hydrogen-bond donors (Lipinski definition) is 0. The number of furan rings is 1. The Hall–Kier alpha value is -3.97. The van der Waals surface area contributed by atoms with Crippen molar-refractivity contribution in [2.24, 2.45) is 0 Å². The molecule has 0 saturated carbocycles. The fraction of sp³-hybridized carbons (Fsp3) is 0.276. The van der Waals surface area contributed by atoms with Crippen LogP contribution in [0, 0.1) is 13.8 Å². The summed E-state index contributed by atoms with van der Waals surface area (Å²) < 4.78 is 7.52. The number of rotatable bonds is 6. The van der Waals surface area contributed by atoms with Crippen LogP contribution in [0.5, 0.6) is 0 Å². The van der Waals surface area contributed by atoms with Gasteiger partial charge in [-0.05, 0) is 43.7 Å². The van der Waals surface area contributed by atoms with E-state index in [4.69, 9.17) is 19.5 Å². The Bertz CT molecular complexity index is 1450. The summed E-state index contributed by atoms with van der Waals surface area (Å²) in [6, 6.07) is 22.8. The van der Waals surface area contributed by atoms with E-state index in [-0.39, 0.29) is 0 Å². The first kappa shape index (κ1) is 22.5. The molecule has 0 amide bonds. The lowest BCUT2D eigenvalue weighted by Gasteiger charge is -2.35.